The smallest absolute Gasteiger partial charge is 0.336 e. The fraction of sp³-hybridized carbons (Fsp3) is 0.462. The van der Waals surface area contributed by atoms with Gasteiger partial charge in [0.1, 0.15) is 0 Å². The Morgan fingerprint density at radius 2 is 2.12 bits per heavy atom. The van der Waals surface area contributed by atoms with E-state index in [1.807, 2.05) is 0 Å². The van der Waals surface area contributed by atoms with Crippen molar-refractivity contribution in [2.75, 3.05) is 0 Å². The van der Waals surface area contributed by atoms with Gasteiger partial charge in [-0.05, 0) is 30.5 Å². The minimum Gasteiger partial charge on any atom is -0.478 e. The average Bonchev–Trinajstić information content (AvgIpc) is 2.80. The maximum atomic E-state index is 11.1. The van der Waals surface area contributed by atoms with Gasteiger partial charge in [0, 0.05) is 5.02 Å². The molecular weight excluding hydrogens is 240 g/mol. The van der Waals surface area contributed by atoms with Crippen LogP contribution >= 0.6 is 11.6 Å². The molecule has 1 aliphatic rings. The third-order valence-electron chi connectivity index (χ3n) is 3.08. The van der Waals surface area contributed by atoms with Crippen LogP contribution in [0.3, 0.4) is 0 Å². The second-order valence-electron chi connectivity index (χ2n) is 4.32. The molecule has 0 saturated heterocycles. The van der Waals surface area contributed by atoms with Crippen LogP contribution in [0.1, 0.15) is 41.6 Å². The van der Waals surface area contributed by atoms with Crippen LogP contribution in [0.4, 0.5) is 0 Å². The topological polar surface area (TPSA) is 46.5 Å². The van der Waals surface area contributed by atoms with Crippen molar-refractivity contribution in [3.05, 3.63) is 34.3 Å². The molecule has 0 bridgehead atoms. The van der Waals surface area contributed by atoms with Gasteiger partial charge >= 0.3 is 5.97 Å². The lowest BCUT2D eigenvalue weighted by atomic mass is 10.1. The summed E-state index contributed by atoms with van der Waals surface area (Å²) in [6.45, 7) is 0.351. The van der Waals surface area contributed by atoms with Crippen LogP contribution in [0.15, 0.2) is 18.2 Å². The molecule has 0 amide bonds. The molecule has 1 fully saturated rings. The Morgan fingerprint density at radius 1 is 1.41 bits per heavy atom. The predicted octanol–water partition coefficient (Wildman–Crippen LogP) is 3.50. The van der Waals surface area contributed by atoms with Gasteiger partial charge in [0.05, 0.1) is 18.3 Å². The van der Waals surface area contributed by atoms with E-state index in [1.165, 1.54) is 18.9 Å². The molecule has 4 heteroatoms. The highest BCUT2D eigenvalue weighted by molar-refractivity contribution is 6.30. The Balaban J connectivity index is 2.06. The Bertz CT molecular complexity index is 411. The van der Waals surface area contributed by atoms with Gasteiger partial charge in [-0.2, -0.15) is 0 Å². The summed E-state index contributed by atoms with van der Waals surface area (Å²) in [5.41, 5.74) is 0.921. The summed E-state index contributed by atoms with van der Waals surface area (Å²) in [6.07, 6.45) is 4.85. The van der Waals surface area contributed by atoms with Gasteiger partial charge in [-0.3, -0.25) is 0 Å². The predicted molar refractivity (Wildman–Crippen MR) is 65.5 cm³/mol. The number of ether oxygens (including phenoxy) is 1. The third kappa shape index (κ3) is 3.20. The minimum atomic E-state index is -0.961. The molecule has 0 spiro atoms. The van der Waals surface area contributed by atoms with Crippen molar-refractivity contribution in [3.63, 3.8) is 0 Å². The molecule has 2 rings (SSSR count). The molecule has 1 aliphatic carbocycles. The molecule has 0 radical (unpaired) electrons. The fourth-order valence-electron chi connectivity index (χ4n) is 2.14. The molecule has 0 unspecified atom stereocenters. The molecule has 92 valence electrons. The highest BCUT2D eigenvalue weighted by Crippen LogP contribution is 2.23. The first-order valence-electron chi connectivity index (χ1n) is 5.80. The summed E-state index contributed by atoms with van der Waals surface area (Å²) in [4.78, 5) is 11.1. The van der Waals surface area contributed by atoms with Gasteiger partial charge in [0.15, 0.2) is 0 Å². The molecule has 3 nitrogen and oxygen atoms in total. The van der Waals surface area contributed by atoms with Crippen molar-refractivity contribution in [1.29, 1.82) is 0 Å². The summed E-state index contributed by atoms with van der Waals surface area (Å²) in [6, 6.07) is 4.89. The van der Waals surface area contributed by atoms with Crippen LogP contribution in [0, 0.1) is 0 Å². The molecule has 1 saturated carbocycles. The standard InChI is InChI=1S/C13H15ClO3/c14-10-6-5-9(12(7-10)13(15)16)8-17-11-3-1-2-4-11/h5-7,11H,1-4,8H2,(H,15,16). The summed E-state index contributed by atoms with van der Waals surface area (Å²) in [7, 11) is 0. The van der Waals surface area contributed by atoms with Crippen molar-refractivity contribution < 1.29 is 14.6 Å². The minimum absolute atomic E-state index is 0.232. The highest BCUT2D eigenvalue weighted by atomic mass is 35.5. The SMILES string of the molecule is O=C(O)c1cc(Cl)ccc1COC1CCCC1. The van der Waals surface area contributed by atoms with Crippen molar-refractivity contribution in [2.45, 2.75) is 38.4 Å². The number of halogens is 1. The van der Waals surface area contributed by atoms with E-state index in [4.69, 9.17) is 21.4 Å². The number of hydrogen-bond acceptors (Lipinski definition) is 2. The molecule has 17 heavy (non-hydrogen) atoms. The van der Waals surface area contributed by atoms with E-state index in [9.17, 15) is 4.79 Å². The summed E-state index contributed by atoms with van der Waals surface area (Å²) >= 11 is 5.78. The number of benzene rings is 1. The normalized spacial score (nSPS) is 16.3. The Kier molecular flexibility index (Phi) is 4.02. The van der Waals surface area contributed by atoms with E-state index in [0.717, 1.165) is 12.8 Å². The first kappa shape index (κ1) is 12.4. The Morgan fingerprint density at radius 3 is 2.76 bits per heavy atom. The van der Waals surface area contributed by atoms with E-state index in [1.54, 1.807) is 12.1 Å². The van der Waals surface area contributed by atoms with Crippen molar-refractivity contribution >= 4 is 17.6 Å². The van der Waals surface area contributed by atoms with Gasteiger partial charge in [0.25, 0.3) is 0 Å². The fourth-order valence-corrected chi connectivity index (χ4v) is 2.31. The van der Waals surface area contributed by atoms with Gasteiger partial charge < -0.3 is 9.84 Å². The average molecular weight is 255 g/mol. The highest BCUT2D eigenvalue weighted by Gasteiger charge is 2.17. The second kappa shape index (κ2) is 5.52. The molecule has 1 N–H and O–H groups in total. The Labute approximate surface area is 105 Å². The number of hydrogen-bond donors (Lipinski definition) is 1. The van der Waals surface area contributed by atoms with E-state index in [0.29, 0.717) is 17.2 Å². The first-order valence-corrected chi connectivity index (χ1v) is 6.18. The quantitative estimate of drug-likeness (QED) is 0.895. The van der Waals surface area contributed by atoms with Crippen LogP contribution < -0.4 is 0 Å². The third-order valence-corrected chi connectivity index (χ3v) is 3.31. The van der Waals surface area contributed by atoms with Crippen LogP contribution in [0.5, 0.6) is 0 Å². The zero-order valence-corrected chi connectivity index (χ0v) is 10.2. The lowest BCUT2D eigenvalue weighted by Crippen LogP contribution is -2.10. The van der Waals surface area contributed by atoms with E-state index in [2.05, 4.69) is 0 Å². The first-order chi connectivity index (χ1) is 8.16. The van der Waals surface area contributed by atoms with Gasteiger partial charge in [-0.25, -0.2) is 4.79 Å². The lowest BCUT2D eigenvalue weighted by molar-refractivity contribution is 0.0440. The van der Waals surface area contributed by atoms with Gasteiger partial charge in [0.2, 0.25) is 0 Å². The number of carboxylic acids is 1. The molecule has 0 aliphatic heterocycles. The summed E-state index contributed by atoms with van der Waals surface area (Å²) < 4.78 is 5.71. The van der Waals surface area contributed by atoms with Crippen molar-refractivity contribution in [2.24, 2.45) is 0 Å². The maximum Gasteiger partial charge on any atom is 0.336 e. The second-order valence-corrected chi connectivity index (χ2v) is 4.76. The molecular formula is C13H15ClO3. The zero-order chi connectivity index (χ0) is 12.3. The number of carbonyl (C=O) groups is 1. The maximum absolute atomic E-state index is 11.1. The van der Waals surface area contributed by atoms with Gasteiger partial charge in [-0.1, -0.05) is 30.5 Å². The lowest BCUT2D eigenvalue weighted by Gasteiger charge is -2.12. The monoisotopic (exact) mass is 254 g/mol. The Hall–Kier alpha value is -1.06. The van der Waals surface area contributed by atoms with Crippen LogP contribution in [-0.4, -0.2) is 17.2 Å². The van der Waals surface area contributed by atoms with Crippen LogP contribution in [-0.2, 0) is 11.3 Å². The van der Waals surface area contributed by atoms with Crippen molar-refractivity contribution in [3.8, 4) is 0 Å². The van der Waals surface area contributed by atoms with E-state index < -0.39 is 5.97 Å². The zero-order valence-electron chi connectivity index (χ0n) is 9.49. The summed E-state index contributed by atoms with van der Waals surface area (Å²) in [5.74, 6) is -0.961. The molecule has 0 atom stereocenters. The van der Waals surface area contributed by atoms with Gasteiger partial charge in [-0.15, -0.1) is 0 Å². The van der Waals surface area contributed by atoms with Crippen molar-refractivity contribution in [1.82, 2.24) is 0 Å². The van der Waals surface area contributed by atoms with E-state index in [-0.39, 0.29) is 11.7 Å². The number of rotatable bonds is 4. The largest absolute Gasteiger partial charge is 0.478 e. The molecule has 1 aromatic rings. The number of aromatic carboxylic acids is 1. The molecule has 0 heterocycles. The summed E-state index contributed by atoms with van der Waals surface area (Å²) in [5, 5.41) is 9.50. The number of carboxylic acid groups (broad SMARTS) is 1. The molecule has 1 aromatic carbocycles. The van der Waals surface area contributed by atoms with Crippen LogP contribution in [0.2, 0.25) is 5.02 Å². The van der Waals surface area contributed by atoms with Crippen LogP contribution in [0.25, 0.3) is 0 Å². The van der Waals surface area contributed by atoms with E-state index >= 15 is 0 Å². The molecule has 0 aromatic heterocycles.